The second-order valence-electron chi connectivity index (χ2n) is 19.6. The molecule has 67 heavy (non-hydrogen) atoms. The largest absolute Gasteiger partial charge is 0.311 e. The number of fused-ring (bicyclic) bond motifs is 20. The molecule has 0 atom stereocenters. The molecule has 310 valence electrons. The second kappa shape index (κ2) is 11.6. The molecule has 10 aromatic rings. The summed E-state index contributed by atoms with van der Waals surface area (Å²) < 4.78 is 0. The number of nitrogens with zero attached hydrogens (tertiary/aromatic N) is 3. The van der Waals surface area contributed by atoms with Crippen LogP contribution >= 0.6 is 0 Å². The lowest BCUT2D eigenvalue weighted by Gasteiger charge is -2.59. The minimum atomic E-state index is -2.96. The van der Waals surface area contributed by atoms with Crippen molar-refractivity contribution in [1.29, 1.82) is 0 Å². The molecule has 17 rings (SSSR count). The van der Waals surface area contributed by atoms with Crippen molar-refractivity contribution < 1.29 is 0 Å². The molecule has 4 heteroatoms. The molecule has 0 saturated carbocycles. The van der Waals surface area contributed by atoms with Crippen molar-refractivity contribution in [2.75, 3.05) is 14.7 Å². The lowest BCUT2D eigenvalue weighted by molar-refractivity contribution is 0.751. The molecule has 2 spiro atoms. The number of anilines is 9. The molecular formula is C63H39N3Si. The van der Waals surface area contributed by atoms with Gasteiger partial charge in [0, 0.05) is 28.4 Å². The van der Waals surface area contributed by atoms with E-state index in [9.17, 15) is 0 Å². The summed E-state index contributed by atoms with van der Waals surface area (Å²) in [6.07, 6.45) is 0. The molecule has 2 aliphatic carbocycles. The van der Waals surface area contributed by atoms with Crippen LogP contribution in [0.15, 0.2) is 218 Å². The number of para-hydroxylation sites is 3. The lowest BCUT2D eigenvalue weighted by atomic mass is 9.64. The Labute approximate surface area is 390 Å². The molecule has 7 aliphatic rings. The first-order valence-electron chi connectivity index (χ1n) is 23.7. The number of hydrogen-bond donors (Lipinski definition) is 0. The zero-order valence-electron chi connectivity index (χ0n) is 36.6. The minimum absolute atomic E-state index is 0.514. The van der Waals surface area contributed by atoms with Gasteiger partial charge in [0.05, 0.1) is 33.6 Å². The van der Waals surface area contributed by atoms with Gasteiger partial charge in [0.2, 0.25) is 0 Å². The van der Waals surface area contributed by atoms with Gasteiger partial charge in [-0.3, -0.25) is 0 Å². The average molecular weight is 866 g/mol. The smallest absolute Gasteiger partial charge is 0.161 e. The van der Waals surface area contributed by atoms with Gasteiger partial charge in [0.1, 0.15) is 0 Å². The molecule has 0 radical (unpaired) electrons. The summed E-state index contributed by atoms with van der Waals surface area (Å²) in [5, 5.41) is 4.51. The summed E-state index contributed by atoms with van der Waals surface area (Å²) in [5.74, 6) is 0. The number of benzene rings is 10. The zero-order chi connectivity index (χ0) is 43.5. The molecule has 0 bridgehead atoms. The van der Waals surface area contributed by atoms with E-state index in [4.69, 9.17) is 0 Å². The molecule has 0 N–H and O–H groups in total. The Bertz CT molecular complexity index is 3620. The molecule has 0 amide bonds. The highest BCUT2D eigenvalue weighted by molar-refractivity contribution is 7.16. The third-order valence-corrected chi connectivity index (χ3v) is 21.6. The van der Waals surface area contributed by atoms with Crippen LogP contribution in [0.1, 0.15) is 44.5 Å². The lowest BCUT2D eigenvalue weighted by Crippen LogP contribution is -2.75. The van der Waals surface area contributed by atoms with Crippen molar-refractivity contribution in [3.05, 3.63) is 263 Å². The van der Waals surface area contributed by atoms with Crippen molar-refractivity contribution in [3.63, 3.8) is 0 Å². The summed E-state index contributed by atoms with van der Waals surface area (Å²) in [7, 11) is -2.96. The number of rotatable bonds is 1. The van der Waals surface area contributed by atoms with Crippen molar-refractivity contribution >= 4 is 74.8 Å². The van der Waals surface area contributed by atoms with Gasteiger partial charge in [0.15, 0.2) is 8.07 Å². The van der Waals surface area contributed by atoms with Crippen LogP contribution in [0.4, 0.5) is 51.2 Å². The third kappa shape index (κ3) is 3.60. The van der Waals surface area contributed by atoms with Gasteiger partial charge < -0.3 is 14.7 Å². The van der Waals surface area contributed by atoms with E-state index in [0.29, 0.717) is 0 Å². The van der Waals surface area contributed by atoms with E-state index in [-0.39, 0.29) is 0 Å². The minimum Gasteiger partial charge on any atom is -0.311 e. The molecular weight excluding hydrogens is 827 g/mol. The Kier molecular flexibility index (Phi) is 6.08. The standard InChI is InChI=1S/C63H39N3Si/c1-67-59-53-32-17-33-54(59)66-52-31-16-14-29-48(52)63(45-26-11-7-22-41(45)42-23-8-12-27-46(42)63)50-35-37-56(61(67)58(50)66)64(38-18-3-2-4-19-38)55-36-34-49-57(60(55)67)65(53)51-30-15-13-28-47(51)62(49)43-24-9-5-20-39(43)40-21-6-10-25-44(40)62/h2-37H,1H3. The van der Waals surface area contributed by atoms with E-state index in [1.165, 1.54) is 134 Å². The Balaban J connectivity index is 1.09. The zero-order valence-corrected chi connectivity index (χ0v) is 37.6. The highest BCUT2D eigenvalue weighted by Gasteiger charge is 2.63. The SMILES string of the molecule is C[Si]12c3c4cccc3N3c5ccccc5C5(c6ccccc6-c6ccccc65)c5ccc(c1c53)N(c1ccccc1)c1ccc3c(c12)N4c1ccccc1C31c2ccccc2-c2ccccc21. The predicted molar refractivity (Wildman–Crippen MR) is 276 cm³/mol. The Morgan fingerprint density at radius 2 is 0.612 bits per heavy atom. The quantitative estimate of drug-likeness (QED) is 0.152. The Morgan fingerprint density at radius 3 is 1.04 bits per heavy atom. The summed E-state index contributed by atoms with van der Waals surface area (Å²) in [6, 6.07) is 84.1. The Hall–Kier alpha value is -8.18. The van der Waals surface area contributed by atoms with Gasteiger partial charge in [-0.2, -0.15) is 0 Å². The van der Waals surface area contributed by atoms with E-state index < -0.39 is 18.9 Å². The predicted octanol–water partition coefficient (Wildman–Crippen LogP) is 13.5. The van der Waals surface area contributed by atoms with Crippen LogP contribution in [-0.4, -0.2) is 8.07 Å². The second-order valence-corrected chi connectivity index (χ2v) is 23.3. The first kappa shape index (κ1) is 35.1. The fourth-order valence-corrected chi connectivity index (χ4v) is 20.0. The normalized spacial score (nSPS) is 16.7. The van der Waals surface area contributed by atoms with Crippen molar-refractivity contribution in [2.45, 2.75) is 17.4 Å². The monoisotopic (exact) mass is 865 g/mol. The van der Waals surface area contributed by atoms with E-state index >= 15 is 0 Å². The summed E-state index contributed by atoms with van der Waals surface area (Å²) >= 11 is 0. The van der Waals surface area contributed by atoms with Crippen LogP contribution in [0.2, 0.25) is 6.55 Å². The average Bonchev–Trinajstić information content (AvgIpc) is 3.85. The molecule has 0 aromatic heterocycles. The molecule has 10 aromatic carbocycles. The molecule has 5 aliphatic heterocycles. The van der Waals surface area contributed by atoms with E-state index in [1.54, 1.807) is 0 Å². The highest BCUT2D eigenvalue weighted by atomic mass is 28.3. The molecule has 0 saturated heterocycles. The van der Waals surface area contributed by atoms with Gasteiger partial charge in [0.25, 0.3) is 0 Å². The van der Waals surface area contributed by atoms with Gasteiger partial charge in [-0.25, -0.2) is 0 Å². The van der Waals surface area contributed by atoms with Gasteiger partial charge in [-0.1, -0.05) is 176 Å². The maximum absolute atomic E-state index is 2.96. The van der Waals surface area contributed by atoms with Gasteiger partial charge in [-0.05, 0) is 131 Å². The van der Waals surface area contributed by atoms with Crippen LogP contribution in [0.5, 0.6) is 0 Å². The van der Waals surface area contributed by atoms with Crippen molar-refractivity contribution in [1.82, 2.24) is 0 Å². The van der Waals surface area contributed by atoms with Crippen LogP contribution in [-0.2, 0) is 10.8 Å². The fourth-order valence-electron chi connectivity index (χ4n) is 15.0. The van der Waals surface area contributed by atoms with Gasteiger partial charge in [-0.15, -0.1) is 0 Å². The van der Waals surface area contributed by atoms with Crippen LogP contribution in [0.25, 0.3) is 22.3 Å². The third-order valence-electron chi connectivity index (χ3n) is 17.1. The molecule has 0 unspecified atom stereocenters. The van der Waals surface area contributed by atoms with E-state index in [0.717, 1.165) is 0 Å². The summed E-state index contributed by atoms with van der Waals surface area (Å²) in [4.78, 5) is 8.04. The van der Waals surface area contributed by atoms with Crippen LogP contribution in [0.3, 0.4) is 0 Å². The first-order valence-corrected chi connectivity index (χ1v) is 26.2. The van der Waals surface area contributed by atoms with Crippen LogP contribution in [0, 0.1) is 0 Å². The van der Waals surface area contributed by atoms with E-state index in [2.05, 4.69) is 240 Å². The molecule has 3 nitrogen and oxygen atoms in total. The fraction of sp³-hybridized carbons (Fsp3) is 0.0476. The van der Waals surface area contributed by atoms with Crippen molar-refractivity contribution in [2.24, 2.45) is 0 Å². The number of hydrogen-bond acceptors (Lipinski definition) is 3. The van der Waals surface area contributed by atoms with E-state index in [1.807, 2.05) is 0 Å². The summed E-state index contributed by atoms with van der Waals surface area (Å²) in [5.41, 5.74) is 26.8. The summed E-state index contributed by atoms with van der Waals surface area (Å²) in [6.45, 7) is 2.72. The Morgan fingerprint density at radius 1 is 0.269 bits per heavy atom. The topological polar surface area (TPSA) is 9.72 Å². The van der Waals surface area contributed by atoms with Crippen LogP contribution < -0.4 is 30.3 Å². The highest BCUT2D eigenvalue weighted by Crippen LogP contribution is 2.68. The first-order chi connectivity index (χ1) is 33.2. The van der Waals surface area contributed by atoms with Crippen molar-refractivity contribution in [3.8, 4) is 22.3 Å². The van der Waals surface area contributed by atoms with Gasteiger partial charge >= 0.3 is 0 Å². The molecule has 0 fully saturated rings. The maximum atomic E-state index is 2.72. The maximum Gasteiger partial charge on any atom is 0.161 e. The molecule has 5 heterocycles.